The monoisotopic (exact) mass is 369 g/mol. The molecular formula is C27H31N. The van der Waals surface area contributed by atoms with E-state index in [-0.39, 0.29) is 0 Å². The minimum atomic E-state index is 0.458. The van der Waals surface area contributed by atoms with Crippen LogP contribution in [-0.2, 0) is 6.42 Å². The standard InChI is InChI=1S/C27H31N/c1-17(2)28(18(3)4)26-10-8-7-9-24(26)23-14-12-20(6)27-22-13-11-19(5)15-21(22)16-25(23)27/h7-15,17-18H,16H2,1-6H3. The van der Waals surface area contributed by atoms with Gasteiger partial charge in [0, 0.05) is 23.3 Å². The van der Waals surface area contributed by atoms with Gasteiger partial charge >= 0.3 is 0 Å². The first kappa shape index (κ1) is 18.8. The van der Waals surface area contributed by atoms with E-state index in [1.165, 1.54) is 50.2 Å². The lowest BCUT2D eigenvalue weighted by Crippen LogP contribution is -2.37. The molecule has 0 unspecified atom stereocenters. The Bertz CT molecular complexity index is 1020. The number of fused-ring (bicyclic) bond motifs is 3. The van der Waals surface area contributed by atoms with Crippen LogP contribution in [0.2, 0.25) is 0 Å². The van der Waals surface area contributed by atoms with Gasteiger partial charge in [0.2, 0.25) is 0 Å². The van der Waals surface area contributed by atoms with Gasteiger partial charge in [-0.05, 0) is 87.4 Å². The van der Waals surface area contributed by atoms with Gasteiger partial charge in [-0.3, -0.25) is 0 Å². The number of hydrogen-bond acceptors (Lipinski definition) is 1. The van der Waals surface area contributed by atoms with E-state index in [2.05, 4.69) is 101 Å². The second kappa shape index (κ2) is 7.13. The predicted molar refractivity (Wildman–Crippen MR) is 122 cm³/mol. The summed E-state index contributed by atoms with van der Waals surface area (Å²) < 4.78 is 0. The van der Waals surface area contributed by atoms with E-state index in [1.54, 1.807) is 0 Å². The largest absolute Gasteiger partial charge is 0.366 e. The zero-order chi connectivity index (χ0) is 20.0. The molecule has 0 amide bonds. The maximum atomic E-state index is 2.54. The highest BCUT2D eigenvalue weighted by Crippen LogP contribution is 2.45. The van der Waals surface area contributed by atoms with Crippen LogP contribution in [0.3, 0.4) is 0 Å². The molecule has 1 nitrogen and oxygen atoms in total. The van der Waals surface area contributed by atoms with Crippen molar-refractivity contribution in [2.24, 2.45) is 0 Å². The number of aryl methyl sites for hydroxylation is 2. The summed E-state index contributed by atoms with van der Waals surface area (Å²) in [6.07, 6.45) is 1.03. The normalized spacial score (nSPS) is 12.4. The first-order chi connectivity index (χ1) is 13.4. The van der Waals surface area contributed by atoms with Gasteiger partial charge in [-0.25, -0.2) is 0 Å². The smallest absolute Gasteiger partial charge is 0.0450 e. The van der Waals surface area contributed by atoms with Crippen molar-refractivity contribution in [2.45, 2.75) is 60.0 Å². The molecule has 0 saturated heterocycles. The zero-order valence-corrected chi connectivity index (χ0v) is 18.0. The summed E-state index contributed by atoms with van der Waals surface area (Å²) in [5.41, 5.74) is 12.6. The summed E-state index contributed by atoms with van der Waals surface area (Å²) in [7, 11) is 0. The van der Waals surface area contributed by atoms with Crippen LogP contribution in [0, 0.1) is 13.8 Å². The number of anilines is 1. The van der Waals surface area contributed by atoms with Gasteiger partial charge in [-0.2, -0.15) is 0 Å². The molecule has 1 aliphatic carbocycles. The summed E-state index contributed by atoms with van der Waals surface area (Å²) in [6.45, 7) is 13.6. The van der Waals surface area contributed by atoms with Crippen molar-refractivity contribution in [3.8, 4) is 22.3 Å². The number of para-hydroxylation sites is 1. The van der Waals surface area contributed by atoms with E-state index in [1.807, 2.05) is 0 Å². The Balaban J connectivity index is 1.93. The Hall–Kier alpha value is -2.54. The Labute approximate surface area is 170 Å². The van der Waals surface area contributed by atoms with Crippen LogP contribution in [0.1, 0.15) is 49.9 Å². The summed E-state index contributed by atoms with van der Waals surface area (Å²) in [5.74, 6) is 0. The Morgan fingerprint density at radius 3 is 2.14 bits per heavy atom. The van der Waals surface area contributed by atoms with Crippen LogP contribution < -0.4 is 4.90 Å². The van der Waals surface area contributed by atoms with Crippen LogP contribution in [0.4, 0.5) is 5.69 Å². The Morgan fingerprint density at radius 1 is 0.750 bits per heavy atom. The molecule has 3 aromatic rings. The second-order valence-corrected chi connectivity index (χ2v) is 8.73. The van der Waals surface area contributed by atoms with Crippen LogP contribution in [0.15, 0.2) is 54.6 Å². The molecule has 0 fully saturated rings. The second-order valence-electron chi connectivity index (χ2n) is 8.73. The molecule has 28 heavy (non-hydrogen) atoms. The molecule has 0 aromatic heterocycles. The molecule has 0 atom stereocenters. The lowest BCUT2D eigenvalue weighted by molar-refractivity contribution is 0.608. The van der Waals surface area contributed by atoms with Crippen LogP contribution in [0.5, 0.6) is 0 Å². The summed E-state index contributed by atoms with van der Waals surface area (Å²) in [4.78, 5) is 2.54. The number of benzene rings is 3. The molecule has 1 heteroatoms. The molecule has 1 aliphatic rings. The number of hydrogen-bond donors (Lipinski definition) is 0. The van der Waals surface area contributed by atoms with E-state index in [0.29, 0.717) is 12.1 Å². The van der Waals surface area contributed by atoms with Crippen molar-refractivity contribution < 1.29 is 0 Å². The van der Waals surface area contributed by atoms with Crippen LogP contribution >= 0.6 is 0 Å². The third-order valence-corrected chi connectivity index (χ3v) is 6.00. The fourth-order valence-corrected chi connectivity index (χ4v) is 4.96. The van der Waals surface area contributed by atoms with Gasteiger partial charge in [0.1, 0.15) is 0 Å². The van der Waals surface area contributed by atoms with Gasteiger partial charge in [-0.15, -0.1) is 0 Å². The summed E-state index contributed by atoms with van der Waals surface area (Å²) >= 11 is 0. The maximum absolute atomic E-state index is 2.54. The van der Waals surface area contributed by atoms with E-state index in [4.69, 9.17) is 0 Å². The van der Waals surface area contributed by atoms with Crippen molar-refractivity contribution in [3.05, 3.63) is 76.9 Å². The summed E-state index contributed by atoms with van der Waals surface area (Å²) in [5, 5.41) is 0. The van der Waals surface area contributed by atoms with Crippen molar-refractivity contribution in [1.29, 1.82) is 0 Å². The van der Waals surface area contributed by atoms with Crippen molar-refractivity contribution >= 4 is 5.69 Å². The number of nitrogens with zero attached hydrogens (tertiary/aromatic N) is 1. The summed E-state index contributed by atoms with van der Waals surface area (Å²) in [6, 6.07) is 21.4. The van der Waals surface area contributed by atoms with Gasteiger partial charge in [0.25, 0.3) is 0 Å². The first-order valence-corrected chi connectivity index (χ1v) is 10.5. The highest BCUT2D eigenvalue weighted by Gasteiger charge is 2.26. The van der Waals surface area contributed by atoms with Gasteiger partial charge < -0.3 is 4.90 Å². The van der Waals surface area contributed by atoms with Crippen molar-refractivity contribution in [3.63, 3.8) is 0 Å². The molecule has 0 bridgehead atoms. The molecular weight excluding hydrogens is 338 g/mol. The van der Waals surface area contributed by atoms with Crippen molar-refractivity contribution in [2.75, 3.05) is 4.90 Å². The van der Waals surface area contributed by atoms with Crippen molar-refractivity contribution in [1.82, 2.24) is 0 Å². The molecule has 0 N–H and O–H groups in total. The van der Waals surface area contributed by atoms with E-state index in [9.17, 15) is 0 Å². The molecule has 4 rings (SSSR count). The highest BCUT2D eigenvalue weighted by atomic mass is 15.2. The Morgan fingerprint density at radius 2 is 1.43 bits per heavy atom. The van der Waals surface area contributed by atoms with E-state index >= 15 is 0 Å². The molecule has 144 valence electrons. The molecule has 3 aromatic carbocycles. The lowest BCUT2D eigenvalue weighted by atomic mass is 9.91. The number of rotatable bonds is 4. The molecule has 0 radical (unpaired) electrons. The van der Waals surface area contributed by atoms with E-state index < -0.39 is 0 Å². The predicted octanol–water partition coefficient (Wildman–Crippen LogP) is 7.16. The van der Waals surface area contributed by atoms with Gasteiger partial charge in [0.15, 0.2) is 0 Å². The molecule has 0 aliphatic heterocycles. The molecule has 0 saturated carbocycles. The third-order valence-electron chi connectivity index (χ3n) is 6.00. The van der Waals surface area contributed by atoms with Gasteiger partial charge in [-0.1, -0.05) is 54.1 Å². The zero-order valence-electron chi connectivity index (χ0n) is 18.0. The topological polar surface area (TPSA) is 3.24 Å². The lowest BCUT2D eigenvalue weighted by Gasteiger charge is -2.35. The quantitative estimate of drug-likeness (QED) is 0.369. The highest BCUT2D eigenvalue weighted by molar-refractivity contribution is 5.90. The average Bonchev–Trinajstić information content (AvgIpc) is 3.01. The van der Waals surface area contributed by atoms with Gasteiger partial charge in [0.05, 0.1) is 0 Å². The minimum Gasteiger partial charge on any atom is -0.366 e. The maximum Gasteiger partial charge on any atom is 0.0450 e. The van der Waals surface area contributed by atoms with E-state index in [0.717, 1.165) is 6.42 Å². The fraction of sp³-hybridized carbons (Fsp3) is 0.333. The van der Waals surface area contributed by atoms with Crippen LogP contribution in [-0.4, -0.2) is 12.1 Å². The fourth-order valence-electron chi connectivity index (χ4n) is 4.96. The minimum absolute atomic E-state index is 0.458. The van der Waals surface area contributed by atoms with Crippen LogP contribution in [0.25, 0.3) is 22.3 Å². The Kier molecular flexibility index (Phi) is 4.79. The first-order valence-electron chi connectivity index (χ1n) is 10.5. The average molecular weight is 370 g/mol. The SMILES string of the molecule is Cc1ccc2c(c1)Cc1c(-c3ccccc3N(C(C)C)C(C)C)ccc(C)c1-2. The molecule has 0 heterocycles. The molecule has 0 spiro atoms. The third kappa shape index (κ3) is 3.03.